The van der Waals surface area contributed by atoms with Gasteiger partial charge in [0.1, 0.15) is 18.3 Å². The molecule has 2 atom stereocenters. The summed E-state index contributed by atoms with van der Waals surface area (Å²) in [6.07, 6.45) is 5.53. The minimum atomic E-state index is -0.446. The Bertz CT molecular complexity index is 261. The van der Waals surface area contributed by atoms with Crippen molar-refractivity contribution in [1.82, 2.24) is 0 Å². The molecule has 1 spiro atoms. The van der Waals surface area contributed by atoms with Crippen molar-refractivity contribution in [3.8, 4) is 0 Å². The highest BCUT2D eigenvalue weighted by molar-refractivity contribution is 5.84. The van der Waals surface area contributed by atoms with Gasteiger partial charge >= 0.3 is 0 Å². The molecular weight excluding hydrogens is 156 g/mol. The van der Waals surface area contributed by atoms with Gasteiger partial charge in [-0.25, -0.2) is 0 Å². The summed E-state index contributed by atoms with van der Waals surface area (Å²) >= 11 is 0. The highest BCUT2D eigenvalue weighted by Crippen LogP contribution is 2.52. The van der Waals surface area contributed by atoms with E-state index in [0.717, 1.165) is 12.8 Å². The summed E-state index contributed by atoms with van der Waals surface area (Å²) in [6, 6.07) is 0. The smallest absolute Gasteiger partial charge is 0.253 e. The molecule has 12 heavy (non-hydrogen) atoms. The van der Waals surface area contributed by atoms with Crippen LogP contribution in [0, 0.1) is 11.8 Å². The molecule has 0 aromatic heterocycles. The first-order valence-corrected chi connectivity index (χ1v) is 4.33. The van der Waals surface area contributed by atoms with Gasteiger partial charge in [0.05, 0.1) is 0 Å². The molecule has 0 saturated heterocycles. The number of hydrogen-bond acceptors (Lipinski definition) is 3. The largest absolute Gasteiger partial charge is 0.456 e. The van der Waals surface area contributed by atoms with Crippen molar-refractivity contribution >= 4 is 5.78 Å². The van der Waals surface area contributed by atoms with Gasteiger partial charge in [0.15, 0.2) is 0 Å². The number of ether oxygens (including phenoxy) is 2. The third kappa shape index (κ3) is 0.601. The predicted molar refractivity (Wildman–Crippen MR) is 39.9 cm³/mol. The maximum Gasteiger partial charge on any atom is 0.253 e. The van der Waals surface area contributed by atoms with E-state index in [9.17, 15) is 4.79 Å². The lowest BCUT2D eigenvalue weighted by Crippen LogP contribution is -2.38. The van der Waals surface area contributed by atoms with Crippen LogP contribution < -0.4 is 0 Å². The van der Waals surface area contributed by atoms with Crippen LogP contribution in [0.1, 0.15) is 19.3 Å². The molecule has 0 N–H and O–H groups in total. The quantitative estimate of drug-likeness (QED) is 0.542. The average Bonchev–Trinajstić information content (AvgIpc) is 2.68. The molecule has 1 aliphatic heterocycles. The monoisotopic (exact) mass is 166 g/mol. The van der Waals surface area contributed by atoms with Crippen LogP contribution >= 0.6 is 0 Å². The van der Waals surface area contributed by atoms with Crippen molar-refractivity contribution in [1.29, 1.82) is 0 Å². The summed E-state index contributed by atoms with van der Waals surface area (Å²) < 4.78 is 10.9. The van der Waals surface area contributed by atoms with Crippen molar-refractivity contribution in [2.45, 2.75) is 25.0 Å². The van der Waals surface area contributed by atoms with E-state index in [1.165, 1.54) is 0 Å². The number of carbonyl (C=O) groups excluding carboxylic acids is 1. The Morgan fingerprint density at radius 1 is 1.42 bits per heavy atom. The highest BCUT2D eigenvalue weighted by Gasteiger charge is 2.59. The summed E-state index contributed by atoms with van der Waals surface area (Å²) in [6.45, 7) is 0. The Balaban J connectivity index is 1.90. The molecule has 0 radical (unpaired) electrons. The summed E-state index contributed by atoms with van der Waals surface area (Å²) in [7, 11) is 0. The Hall–Kier alpha value is -0.990. The number of rotatable bonds is 0. The lowest BCUT2D eigenvalue weighted by Gasteiger charge is -2.30. The van der Waals surface area contributed by atoms with Gasteiger partial charge in [-0.2, -0.15) is 0 Å². The first-order valence-electron chi connectivity index (χ1n) is 4.33. The fourth-order valence-electron chi connectivity index (χ4n) is 2.61. The second kappa shape index (κ2) is 1.84. The summed E-state index contributed by atoms with van der Waals surface area (Å²) in [5, 5.41) is 0. The van der Waals surface area contributed by atoms with Crippen LogP contribution in [0.3, 0.4) is 0 Å². The van der Waals surface area contributed by atoms with Gasteiger partial charge < -0.3 is 9.47 Å². The second-order valence-corrected chi connectivity index (χ2v) is 3.82. The van der Waals surface area contributed by atoms with Crippen LogP contribution in [-0.4, -0.2) is 11.6 Å². The zero-order valence-corrected chi connectivity index (χ0v) is 6.66. The Morgan fingerprint density at radius 2 is 2.17 bits per heavy atom. The highest BCUT2D eigenvalue weighted by atomic mass is 16.7. The lowest BCUT2D eigenvalue weighted by atomic mass is 9.93. The molecule has 0 aromatic rings. The Kier molecular flexibility index (Phi) is 1.000. The van der Waals surface area contributed by atoms with E-state index in [2.05, 4.69) is 0 Å². The fraction of sp³-hybridized carbons (Fsp3) is 0.667. The molecule has 3 nitrogen and oxygen atoms in total. The number of carbonyl (C=O) groups is 1. The molecule has 0 amide bonds. The van der Waals surface area contributed by atoms with Crippen LogP contribution in [-0.2, 0) is 14.3 Å². The first-order chi connectivity index (χ1) is 5.80. The van der Waals surface area contributed by atoms with Crippen molar-refractivity contribution in [2.24, 2.45) is 11.8 Å². The van der Waals surface area contributed by atoms with Gasteiger partial charge in [0.25, 0.3) is 5.79 Å². The second-order valence-electron chi connectivity index (χ2n) is 3.82. The molecule has 3 rings (SSSR count). The third-order valence-electron chi connectivity index (χ3n) is 3.22. The lowest BCUT2D eigenvalue weighted by molar-refractivity contribution is -0.179. The standard InChI is InChI=1S/C9H10O3/c10-8-4-7-3-6(8)5-9(7)11-1-2-12-9/h1-2,6-7H,3-5H2/t6-,7-/m0/s1. The topological polar surface area (TPSA) is 35.5 Å². The van der Waals surface area contributed by atoms with Gasteiger partial charge in [-0.3, -0.25) is 4.79 Å². The van der Waals surface area contributed by atoms with Crippen LogP contribution in [0.5, 0.6) is 0 Å². The molecule has 0 unspecified atom stereocenters. The number of ketones is 1. The van der Waals surface area contributed by atoms with E-state index in [-0.39, 0.29) is 5.92 Å². The van der Waals surface area contributed by atoms with E-state index in [1.807, 2.05) is 0 Å². The molecule has 3 heteroatoms. The molecular formula is C9H10O3. The maximum absolute atomic E-state index is 11.2. The zero-order valence-electron chi connectivity index (χ0n) is 6.66. The molecule has 3 aliphatic rings. The normalized spacial score (nSPS) is 40.5. The number of Topliss-reactive ketones (excluding diaryl/α,β-unsaturated/α-hetero) is 1. The molecule has 0 aromatic carbocycles. The number of fused-ring (bicyclic) bond motifs is 3. The number of hydrogen-bond donors (Lipinski definition) is 0. The Labute approximate surface area is 70.3 Å². The third-order valence-corrected chi connectivity index (χ3v) is 3.22. The van der Waals surface area contributed by atoms with E-state index in [1.54, 1.807) is 12.5 Å². The summed E-state index contributed by atoms with van der Waals surface area (Å²) in [5.74, 6) is 0.447. The van der Waals surface area contributed by atoms with Crippen molar-refractivity contribution in [2.75, 3.05) is 0 Å². The van der Waals surface area contributed by atoms with Crippen LogP contribution in [0.25, 0.3) is 0 Å². The van der Waals surface area contributed by atoms with Gasteiger partial charge in [0.2, 0.25) is 0 Å². The fourth-order valence-corrected chi connectivity index (χ4v) is 2.61. The van der Waals surface area contributed by atoms with Gasteiger partial charge in [-0.1, -0.05) is 0 Å². The zero-order chi connectivity index (χ0) is 8.18. The van der Waals surface area contributed by atoms with Gasteiger partial charge in [0, 0.05) is 24.7 Å². The predicted octanol–water partition coefficient (Wildman–Crippen LogP) is 1.20. The minimum Gasteiger partial charge on any atom is -0.456 e. The van der Waals surface area contributed by atoms with Gasteiger partial charge in [-0.15, -0.1) is 0 Å². The van der Waals surface area contributed by atoms with E-state index >= 15 is 0 Å². The van der Waals surface area contributed by atoms with Crippen LogP contribution in [0.15, 0.2) is 12.5 Å². The van der Waals surface area contributed by atoms with E-state index in [4.69, 9.17) is 9.47 Å². The van der Waals surface area contributed by atoms with Crippen molar-refractivity contribution < 1.29 is 14.3 Å². The molecule has 2 fully saturated rings. The Morgan fingerprint density at radius 3 is 2.67 bits per heavy atom. The summed E-state index contributed by atoms with van der Waals surface area (Å²) in [4.78, 5) is 11.2. The van der Waals surface area contributed by atoms with Crippen LogP contribution in [0.2, 0.25) is 0 Å². The van der Waals surface area contributed by atoms with Crippen molar-refractivity contribution in [3.05, 3.63) is 12.5 Å². The molecule has 1 heterocycles. The molecule has 2 bridgehead atoms. The average molecular weight is 166 g/mol. The molecule has 2 saturated carbocycles. The van der Waals surface area contributed by atoms with Gasteiger partial charge in [-0.05, 0) is 6.42 Å². The molecule has 2 aliphatic carbocycles. The molecule has 64 valence electrons. The summed E-state index contributed by atoms with van der Waals surface area (Å²) in [5.41, 5.74) is 0. The maximum atomic E-state index is 11.2. The van der Waals surface area contributed by atoms with Crippen LogP contribution in [0.4, 0.5) is 0 Å². The first kappa shape index (κ1) is 6.52. The van der Waals surface area contributed by atoms with E-state index in [0.29, 0.717) is 18.1 Å². The van der Waals surface area contributed by atoms with E-state index < -0.39 is 5.79 Å². The SMILES string of the molecule is O=C1C[C@@H]2C[C@H]1CC21OC=CO1. The minimum absolute atomic E-state index is 0.204. The van der Waals surface area contributed by atoms with Crippen molar-refractivity contribution in [3.63, 3.8) is 0 Å².